The lowest BCUT2D eigenvalue weighted by molar-refractivity contribution is 0.102. The van der Waals surface area contributed by atoms with Gasteiger partial charge in [0.15, 0.2) is 5.13 Å². The highest BCUT2D eigenvalue weighted by molar-refractivity contribution is 7.13. The van der Waals surface area contributed by atoms with Crippen molar-refractivity contribution in [2.75, 3.05) is 18.4 Å². The highest BCUT2D eigenvalue weighted by Crippen LogP contribution is 2.22. The van der Waals surface area contributed by atoms with Crippen LogP contribution in [0.15, 0.2) is 35.7 Å². The zero-order valence-electron chi connectivity index (χ0n) is 17.2. The van der Waals surface area contributed by atoms with E-state index < -0.39 is 0 Å². The number of nitrogens with zero attached hydrogens (tertiary/aromatic N) is 4. The second-order valence-corrected chi connectivity index (χ2v) is 8.80. The van der Waals surface area contributed by atoms with Crippen LogP contribution in [0.3, 0.4) is 0 Å². The maximum Gasteiger partial charge on any atom is 0.257 e. The average Bonchev–Trinajstić information content (AvgIpc) is 3.29. The lowest BCUT2D eigenvalue weighted by Gasteiger charge is -2.29. The van der Waals surface area contributed by atoms with Gasteiger partial charge in [-0.1, -0.05) is 6.92 Å². The fraction of sp³-hybridized carbons (Fsp3) is 0.409. The van der Waals surface area contributed by atoms with E-state index in [1.807, 2.05) is 54.2 Å². The molecule has 0 spiro atoms. The van der Waals surface area contributed by atoms with Crippen LogP contribution in [0, 0.1) is 19.8 Å². The summed E-state index contributed by atoms with van der Waals surface area (Å²) < 4.78 is 1.88. The molecule has 1 aliphatic heterocycles. The van der Waals surface area contributed by atoms with Crippen molar-refractivity contribution in [1.29, 1.82) is 0 Å². The van der Waals surface area contributed by atoms with Gasteiger partial charge < -0.3 is 0 Å². The highest BCUT2D eigenvalue weighted by atomic mass is 32.1. The average molecular weight is 410 g/mol. The summed E-state index contributed by atoms with van der Waals surface area (Å²) in [6.07, 6.45) is 2.50. The number of likely N-dealkylation sites (tertiary alicyclic amines) is 1. The fourth-order valence-electron chi connectivity index (χ4n) is 3.70. The number of nitrogens with one attached hydrogen (secondary N) is 1. The van der Waals surface area contributed by atoms with E-state index in [1.54, 1.807) is 0 Å². The van der Waals surface area contributed by atoms with Crippen molar-refractivity contribution in [2.45, 2.75) is 40.2 Å². The first-order valence-corrected chi connectivity index (χ1v) is 11.0. The number of piperidine rings is 1. The van der Waals surface area contributed by atoms with Crippen molar-refractivity contribution in [2.24, 2.45) is 5.92 Å². The molecule has 0 saturated carbocycles. The Kier molecular flexibility index (Phi) is 5.78. The summed E-state index contributed by atoms with van der Waals surface area (Å²) >= 11 is 1.48. The van der Waals surface area contributed by atoms with E-state index >= 15 is 0 Å². The van der Waals surface area contributed by atoms with Crippen LogP contribution >= 0.6 is 11.3 Å². The maximum absolute atomic E-state index is 12.6. The van der Waals surface area contributed by atoms with Crippen LogP contribution in [0.2, 0.25) is 0 Å². The third-order valence-corrected chi connectivity index (χ3v) is 6.22. The SMILES string of the molecule is Cc1cc(C)n(-c2ccc(C(=O)Nc3nc(CN4CCC(C)CC4)cs3)cc2)n1. The van der Waals surface area contributed by atoms with E-state index in [2.05, 4.69) is 27.2 Å². The molecular weight excluding hydrogens is 382 g/mol. The lowest BCUT2D eigenvalue weighted by atomic mass is 9.99. The molecule has 1 fully saturated rings. The molecule has 1 amide bonds. The molecule has 0 bridgehead atoms. The van der Waals surface area contributed by atoms with Crippen LogP contribution < -0.4 is 5.32 Å². The molecule has 29 heavy (non-hydrogen) atoms. The Morgan fingerprint density at radius 1 is 1.21 bits per heavy atom. The first kappa shape index (κ1) is 19.8. The number of thiazole rings is 1. The quantitative estimate of drug-likeness (QED) is 0.677. The maximum atomic E-state index is 12.6. The van der Waals surface area contributed by atoms with Gasteiger partial charge in [-0.15, -0.1) is 11.3 Å². The van der Waals surface area contributed by atoms with Crippen LogP contribution in [0.1, 0.15) is 47.2 Å². The van der Waals surface area contributed by atoms with Gasteiger partial charge in [0.2, 0.25) is 0 Å². The Bertz CT molecular complexity index is 983. The van der Waals surface area contributed by atoms with Gasteiger partial charge in [0.25, 0.3) is 5.91 Å². The number of carbonyl (C=O) groups excluding carboxylic acids is 1. The zero-order chi connectivity index (χ0) is 20.4. The van der Waals surface area contributed by atoms with Crippen molar-refractivity contribution in [3.05, 3.63) is 58.4 Å². The van der Waals surface area contributed by atoms with Crippen LogP contribution in [-0.4, -0.2) is 38.7 Å². The molecule has 0 atom stereocenters. The largest absolute Gasteiger partial charge is 0.298 e. The van der Waals surface area contributed by atoms with Gasteiger partial charge in [0.1, 0.15) is 0 Å². The number of rotatable bonds is 5. The minimum atomic E-state index is -0.141. The minimum absolute atomic E-state index is 0.141. The van der Waals surface area contributed by atoms with Gasteiger partial charge in [0.05, 0.1) is 17.1 Å². The summed E-state index contributed by atoms with van der Waals surface area (Å²) in [4.78, 5) is 19.6. The molecular formula is C22H27N5OS. The predicted octanol–water partition coefficient (Wildman–Crippen LogP) is 4.43. The first-order valence-electron chi connectivity index (χ1n) is 10.1. The number of hydrogen-bond donors (Lipinski definition) is 1. The molecule has 3 heterocycles. The molecule has 152 valence electrons. The van der Waals surface area contributed by atoms with E-state index in [1.165, 1.54) is 24.2 Å². The summed E-state index contributed by atoms with van der Waals surface area (Å²) in [5.41, 5.74) is 4.62. The van der Waals surface area contributed by atoms with Crippen LogP contribution in [0.4, 0.5) is 5.13 Å². The lowest BCUT2D eigenvalue weighted by Crippen LogP contribution is -2.32. The highest BCUT2D eigenvalue weighted by Gasteiger charge is 2.17. The summed E-state index contributed by atoms with van der Waals surface area (Å²) in [6, 6.07) is 9.51. The second kappa shape index (κ2) is 8.47. The van der Waals surface area contributed by atoms with Gasteiger partial charge in [-0.05, 0) is 76.0 Å². The van der Waals surface area contributed by atoms with Gasteiger partial charge >= 0.3 is 0 Å². The van der Waals surface area contributed by atoms with Gasteiger partial charge in [-0.2, -0.15) is 5.10 Å². The number of anilines is 1. The summed E-state index contributed by atoms with van der Waals surface area (Å²) in [5, 5.41) is 10.1. The third-order valence-electron chi connectivity index (χ3n) is 5.42. The van der Waals surface area contributed by atoms with E-state index in [0.717, 1.165) is 48.3 Å². The molecule has 3 aromatic rings. The summed E-state index contributed by atoms with van der Waals surface area (Å²) in [5.74, 6) is 0.682. The van der Waals surface area contributed by atoms with Crippen LogP contribution in [-0.2, 0) is 6.54 Å². The Hall–Kier alpha value is -2.51. The predicted molar refractivity (Wildman–Crippen MR) is 117 cm³/mol. The number of aromatic nitrogens is 3. The Morgan fingerprint density at radius 2 is 1.93 bits per heavy atom. The minimum Gasteiger partial charge on any atom is -0.298 e. The van der Waals surface area contributed by atoms with E-state index in [-0.39, 0.29) is 5.91 Å². The molecule has 0 unspecified atom stereocenters. The topological polar surface area (TPSA) is 63.1 Å². The molecule has 1 saturated heterocycles. The number of aryl methyl sites for hydroxylation is 2. The zero-order valence-corrected chi connectivity index (χ0v) is 18.0. The summed E-state index contributed by atoms with van der Waals surface area (Å²) in [7, 11) is 0. The van der Waals surface area contributed by atoms with Gasteiger partial charge in [-0.3, -0.25) is 15.0 Å². The van der Waals surface area contributed by atoms with E-state index in [9.17, 15) is 4.79 Å². The van der Waals surface area contributed by atoms with Crippen LogP contribution in [0.25, 0.3) is 5.69 Å². The monoisotopic (exact) mass is 409 g/mol. The Morgan fingerprint density at radius 3 is 2.59 bits per heavy atom. The number of benzene rings is 1. The van der Waals surface area contributed by atoms with E-state index in [4.69, 9.17) is 0 Å². The van der Waals surface area contributed by atoms with Gasteiger partial charge in [-0.25, -0.2) is 9.67 Å². The molecule has 1 N–H and O–H groups in total. The standard InChI is InChI=1S/C22H27N5OS/c1-15-8-10-26(11-9-15)13-19-14-29-22(23-19)24-21(28)18-4-6-20(7-5-18)27-17(3)12-16(2)25-27/h4-7,12,14-15H,8-11,13H2,1-3H3,(H,23,24,28). The molecule has 4 rings (SSSR count). The van der Waals surface area contributed by atoms with Gasteiger partial charge in [0, 0.05) is 23.2 Å². The van der Waals surface area contributed by atoms with Crippen molar-refractivity contribution in [1.82, 2.24) is 19.7 Å². The number of hydrogen-bond acceptors (Lipinski definition) is 5. The molecule has 0 radical (unpaired) electrons. The fourth-order valence-corrected chi connectivity index (χ4v) is 4.40. The third kappa shape index (κ3) is 4.74. The Labute approximate surface area is 175 Å². The molecule has 0 aliphatic carbocycles. The first-order chi connectivity index (χ1) is 14.0. The second-order valence-electron chi connectivity index (χ2n) is 7.94. The van der Waals surface area contributed by atoms with Crippen molar-refractivity contribution in [3.63, 3.8) is 0 Å². The normalized spacial score (nSPS) is 15.6. The molecule has 7 heteroatoms. The molecule has 1 aromatic carbocycles. The van der Waals surface area contributed by atoms with Crippen molar-refractivity contribution >= 4 is 22.4 Å². The van der Waals surface area contributed by atoms with Crippen molar-refractivity contribution < 1.29 is 4.79 Å². The van der Waals surface area contributed by atoms with E-state index in [0.29, 0.717) is 10.7 Å². The van der Waals surface area contributed by atoms with Crippen molar-refractivity contribution in [3.8, 4) is 5.69 Å². The number of amides is 1. The smallest absolute Gasteiger partial charge is 0.257 e. The van der Waals surface area contributed by atoms with Crippen LogP contribution in [0.5, 0.6) is 0 Å². The molecule has 1 aliphatic rings. The molecule has 6 nitrogen and oxygen atoms in total. The Balaban J connectivity index is 1.37. The number of carbonyl (C=O) groups is 1. The molecule has 2 aromatic heterocycles. The summed E-state index contributed by atoms with van der Waals surface area (Å²) in [6.45, 7) is 9.42.